The summed E-state index contributed by atoms with van der Waals surface area (Å²) in [6, 6.07) is 18.6. The van der Waals surface area contributed by atoms with Gasteiger partial charge in [-0.05, 0) is 64.9 Å². The summed E-state index contributed by atoms with van der Waals surface area (Å²) in [5.74, 6) is 1.16. The molecule has 0 bridgehead atoms. The molecule has 0 fully saturated rings. The Labute approximate surface area is 188 Å². The first-order chi connectivity index (χ1) is 15.5. The maximum absolute atomic E-state index is 11.4. The predicted octanol–water partition coefficient (Wildman–Crippen LogP) is 4.74. The van der Waals surface area contributed by atoms with Crippen LogP contribution in [0.5, 0.6) is 5.75 Å². The number of hydrogen-bond acceptors (Lipinski definition) is 7. The van der Waals surface area contributed by atoms with Gasteiger partial charge in [0.15, 0.2) is 5.82 Å². The molecule has 0 saturated carbocycles. The van der Waals surface area contributed by atoms with Crippen LogP contribution in [0.15, 0.2) is 66.7 Å². The Morgan fingerprint density at radius 2 is 1.91 bits per heavy atom. The molecular formula is C22H19ClN6O3. The van der Waals surface area contributed by atoms with Gasteiger partial charge in [0.2, 0.25) is 0 Å². The molecule has 1 atom stereocenters. The normalized spacial score (nSPS) is 11.7. The molecule has 10 heteroatoms. The number of hydrogen-bond donors (Lipinski definition) is 1. The van der Waals surface area contributed by atoms with E-state index < -0.39 is 11.0 Å². The standard InChI is InChI=1S/C22H19ClN6O3/c1-14-6-7-16(23)13-20(14)28-22(25-26-27-28)21(15-4-3-5-18(12-15)29(30)31)24-17-8-10-19(32-2)11-9-17/h3-13,21,24H,1-2H3. The van der Waals surface area contributed by atoms with Crippen molar-refractivity contribution in [2.24, 2.45) is 0 Å². The van der Waals surface area contributed by atoms with Crippen LogP contribution in [0.3, 0.4) is 0 Å². The second-order valence-corrected chi connectivity index (χ2v) is 7.47. The Morgan fingerprint density at radius 3 is 2.62 bits per heavy atom. The lowest BCUT2D eigenvalue weighted by Gasteiger charge is -2.20. The van der Waals surface area contributed by atoms with Crippen LogP contribution < -0.4 is 10.1 Å². The number of nitro benzene ring substituents is 1. The maximum Gasteiger partial charge on any atom is 0.269 e. The highest BCUT2D eigenvalue weighted by atomic mass is 35.5. The molecule has 1 heterocycles. The number of rotatable bonds is 7. The summed E-state index contributed by atoms with van der Waals surface area (Å²) in [5, 5.41) is 27.6. The van der Waals surface area contributed by atoms with Gasteiger partial charge in [0.05, 0.1) is 17.7 Å². The molecule has 0 spiro atoms. The summed E-state index contributed by atoms with van der Waals surface area (Å²) in [6.07, 6.45) is 0. The molecule has 3 aromatic carbocycles. The molecule has 0 aliphatic rings. The second kappa shape index (κ2) is 9.03. The van der Waals surface area contributed by atoms with Crippen LogP contribution in [0.4, 0.5) is 11.4 Å². The molecule has 1 aromatic heterocycles. The molecule has 0 amide bonds. The number of methoxy groups -OCH3 is 1. The number of aryl methyl sites for hydroxylation is 1. The van der Waals surface area contributed by atoms with Gasteiger partial charge in [-0.2, -0.15) is 4.68 Å². The molecule has 162 valence electrons. The second-order valence-electron chi connectivity index (χ2n) is 7.04. The lowest BCUT2D eigenvalue weighted by Crippen LogP contribution is -2.18. The molecule has 4 aromatic rings. The Bertz CT molecular complexity index is 1260. The summed E-state index contributed by atoms with van der Waals surface area (Å²) in [5.41, 5.74) is 3.00. The van der Waals surface area contributed by atoms with Crippen LogP contribution >= 0.6 is 11.6 Å². The first-order valence-corrected chi connectivity index (χ1v) is 10.0. The SMILES string of the molecule is COc1ccc(NC(c2cccc([N+](=O)[O-])c2)c2nnnn2-c2cc(Cl)ccc2C)cc1. The number of halogens is 1. The van der Waals surface area contributed by atoms with Gasteiger partial charge < -0.3 is 10.1 Å². The lowest BCUT2D eigenvalue weighted by molar-refractivity contribution is -0.384. The van der Waals surface area contributed by atoms with E-state index in [9.17, 15) is 10.1 Å². The smallest absolute Gasteiger partial charge is 0.269 e. The van der Waals surface area contributed by atoms with Crippen LogP contribution in [0.25, 0.3) is 5.69 Å². The highest BCUT2D eigenvalue weighted by Crippen LogP contribution is 2.30. The van der Waals surface area contributed by atoms with Crippen molar-refractivity contribution in [2.45, 2.75) is 13.0 Å². The molecule has 9 nitrogen and oxygen atoms in total. The van der Waals surface area contributed by atoms with E-state index >= 15 is 0 Å². The van der Waals surface area contributed by atoms with E-state index in [1.165, 1.54) is 12.1 Å². The fourth-order valence-corrected chi connectivity index (χ4v) is 3.49. The van der Waals surface area contributed by atoms with Crippen molar-refractivity contribution in [1.82, 2.24) is 20.2 Å². The summed E-state index contributed by atoms with van der Waals surface area (Å²) in [7, 11) is 1.59. The summed E-state index contributed by atoms with van der Waals surface area (Å²) < 4.78 is 6.81. The number of non-ortho nitro benzene ring substituents is 1. The Kier molecular flexibility index (Phi) is 6.00. The number of nitrogens with one attached hydrogen (secondary N) is 1. The minimum absolute atomic E-state index is 0.0259. The average molecular weight is 451 g/mol. The van der Waals surface area contributed by atoms with Gasteiger partial charge in [0, 0.05) is 22.8 Å². The van der Waals surface area contributed by atoms with Gasteiger partial charge in [-0.3, -0.25) is 10.1 Å². The molecule has 0 radical (unpaired) electrons. The third kappa shape index (κ3) is 4.37. The number of benzene rings is 3. The molecule has 32 heavy (non-hydrogen) atoms. The highest BCUT2D eigenvalue weighted by molar-refractivity contribution is 6.30. The summed E-state index contributed by atoms with van der Waals surface area (Å²) >= 11 is 6.21. The van der Waals surface area contributed by atoms with Gasteiger partial charge >= 0.3 is 0 Å². The minimum Gasteiger partial charge on any atom is -0.497 e. The maximum atomic E-state index is 11.4. The number of tetrazole rings is 1. The number of nitro groups is 1. The number of aromatic nitrogens is 4. The van der Waals surface area contributed by atoms with E-state index in [0.717, 1.165) is 11.3 Å². The van der Waals surface area contributed by atoms with Crippen molar-refractivity contribution in [2.75, 3.05) is 12.4 Å². The zero-order chi connectivity index (χ0) is 22.7. The van der Waals surface area contributed by atoms with E-state index in [2.05, 4.69) is 20.8 Å². The Balaban J connectivity index is 1.83. The summed E-state index contributed by atoms with van der Waals surface area (Å²) in [6.45, 7) is 1.93. The van der Waals surface area contributed by atoms with Gasteiger partial charge in [-0.15, -0.1) is 5.10 Å². The minimum atomic E-state index is -0.586. The fourth-order valence-electron chi connectivity index (χ4n) is 3.33. The quantitative estimate of drug-likeness (QED) is 0.320. The van der Waals surface area contributed by atoms with Crippen molar-refractivity contribution < 1.29 is 9.66 Å². The van der Waals surface area contributed by atoms with Gasteiger partial charge in [-0.25, -0.2) is 0 Å². The van der Waals surface area contributed by atoms with Crippen molar-refractivity contribution in [3.63, 3.8) is 0 Å². The third-order valence-electron chi connectivity index (χ3n) is 4.97. The number of ether oxygens (including phenoxy) is 1. The molecule has 4 rings (SSSR count). The van der Waals surface area contributed by atoms with E-state index in [0.29, 0.717) is 27.8 Å². The van der Waals surface area contributed by atoms with Crippen LogP contribution in [-0.2, 0) is 0 Å². The topological polar surface area (TPSA) is 108 Å². The van der Waals surface area contributed by atoms with Crippen molar-refractivity contribution in [3.05, 3.63) is 98.8 Å². The third-order valence-corrected chi connectivity index (χ3v) is 5.20. The number of nitrogens with zero attached hydrogens (tertiary/aromatic N) is 5. The van der Waals surface area contributed by atoms with Crippen LogP contribution in [0, 0.1) is 17.0 Å². The first kappa shape index (κ1) is 21.3. The van der Waals surface area contributed by atoms with Crippen molar-refractivity contribution in [3.8, 4) is 11.4 Å². The highest BCUT2D eigenvalue weighted by Gasteiger charge is 2.24. The van der Waals surface area contributed by atoms with E-state index in [1.807, 2.05) is 37.3 Å². The fraction of sp³-hybridized carbons (Fsp3) is 0.136. The average Bonchev–Trinajstić information content (AvgIpc) is 3.29. The van der Waals surface area contributed by atoms with Crippen LogP contribution in [0.1, 0.15) is 23.0 Å². The summed E-state index contributed by atoms with van der Waals surface area (Å²) in [4.78, 5) is 10.9. The van der Waals surface area contributed by atoms with Gasteiger partial charge in [0.1, 0.15) is 11.8 Å². The van der Waals surface area contributed by atoms with Gasteiger partial charge in [-0.1, -0.05) is 29.8 Å². The Hall–Kier alpha value is -3.98. The van der Waals surface area contributed by atoms with Crippen molar-refractivity contribution in [1.29, 1.82) is 0 Å². The molecule has 0 aliphatic heterocycles. The molecule has 1 unspecified atom stereocenters. The Morgan fingerprint density at radius 1 is 1.12 bits per heavy atom. The molecule has 0 saturated heterocycles. The molecule has 1 N–H and O–H groups in total. The van der Waals surface area contributed by atoms with E-state index in [4.69, 9.17) is 16.3 Å². The van der Waals surface area contributed by atoms with Crippen LogP contribution in [-0.4, -0.2) is 32.2 Å². The lowest BCUT2D eigenvalue weighted by atomic mass is 10.0. The van der Waals surface area contributed by atoms with Crippen molar-refractivity contribution >= 4 is 23.0 Å². The molecule has 0 aliphatic carbocycles. The van der Waals surface area contributed by atoms with Gasteiger partial charge in [0.25, 0.3) is 5.69 Å². The monoisotopic (exact) mass is 450 g/mol. The predicted molar refractivity (Wildman–Crippen MR) is 120 cm³/mol. The van der Waals surface area contributed by atoms with Crippen LogP contribution in [0.2, 0.25) is 5.02 Å². The zero-order valence-electron chi connectivity index (χ0n) is 17.3. The zero-order valence-corrected chi connectivity index (χ0v) is 18.0. The largest absolute Gasteiger partial charge is 0.497 e. The van der Waals surface area contributed by atoms with E-state index in [1.54, 1.807) is 36.1 Å². The number of anilines is 1. The first-order valence-electron chi connectivity index (χ1n) is 9.66. The molecular weight excluding hydrogens is 432 g/mol. The van der Waals surface area contributed by atoms with E-state index in [-0.39, 0.29) is 5.69 Å².